The Labute approximate surface area is 114 Å². The number of hydrogen-bond donors (Lipinski definition) is 3. The molecule has 8 heteroatoms. The van der Waals surface area contributed by atoms with Crippen molar-refractivity contribution >= 4 is 23.6 Å². The number of rotatable bonds is 3. The van der Waals surface area contributed by atoms with E-state index >= 15 is 0 Å². The normalized spacial score (nSPS) is 11.3. The first-order chi connectivity index (χ1) is 9.35. The number of nitrogens with one attached hydrogen (secondary N) is 2. The second-order valence-corrected chi connectivity index (χ2v) is 3.85. The number of esters is 1. The van der Waals surface area contributed by atoms with Gasteiger partial charge < -0.3 is 15.8 Å². The van der Waals surface area contributed by atoms with Gasteiger partial charge in [0.05, 0.1) is 11.3 Å². The number of nitrogens with two attached hydrogens (primary N) is 1. The van der Waals surface area contributed by atoms with Crippen LogP contribution in [-0.4, -0.2) is 31.1 Å². The molecule has 1 rings (SSSR count). The molecule has 108 valence electrons. The van der Waals surface area contributed by atoms with Crippen LogP contribution in [0.1, 0.15) is 17.3 Å². The summed E-state index contributed by atoms with van der Waals surface area (Å²) >= 11 is 0. The Hall–Kier alpha value is -2.64. The standard InChI is InChI=1S/C12H14FN3O4/c1-6(10(17)16-12(19)15-2)20-11(18)7-3-4-9(14)8(13)5-7/h3-6H,14H2,1-2H3,(H2,15,16,17,19). The minimum Gasteiger partial charge on any atom is -0.449 e. The van der Waals surface area contributed by atoms with E-state index < -0.39 is 29.8 Å². The zero-order chi connectivity index (χ0) is 15.3. The van der Waals surface area contributed by atoms with Crippen LogP contribution in [0, 0.1) is 5.82 Å². The number of nitrogen functional groups attached to an aromatic ring is 1. The van der Waals surface area contributed by atoms with E-state index in [1.807, 2.05) is 5.32 Å². The maximum absolute atomic E-state index is 13.2. The summed E-state index contributed by atoms with van der Waals surface area (Å²) in [6.07, 6.45) is -1.21. The van der Waals surface area contributed by atoms with Crippen molar-refractivity contribution in [2.45, 2.75) is 13.0 Å². The number of imide groups is 1. The summed E-state index contributed by atoms with van der Waals surface area (Å²) in [4.78, 5) is 34.0. The molecule has 0 aliphatic heterocycles. The lowest BCUT2D eigenvalue weighted by Crippen LogP contribution is -2.43. The SMILES string of the molecule is CNC(=O)NC(=O)C(C)OC(=O)c1ccc(N)c(F)c1. The van der Waals surface area contributed by atoms with Crippen LogP contribution in [0.15, 0.2) is 18.2 Å². The van der Waals surface area contributed by atoms with Crippen LogP contribution in [0.3, 0.4) is 0 Å². The maximum Gasteiger partial charge on any atom is 0.339 e. The van der Waals surface area contributed by atoms with Crippen LogP contribution in [0.25, 0.3) is 0 Å². The molecule has 20 heavy (non-hydrogen) atoms. The predicted molar refractivity (Wildman–Crippen MR) is 68.3 cm³/mol. The number of carbonyl (C=O) groups is 3. The first-order valence-electron chi connectivity index (χ1n) is 5.63. The molecule has 3 amide bonds. The van der Waals surface area contributed by atoms with Crippen molar-refractivity contribution in [3.05, 3.63) is 29.6 Å². The van der Waals surface area contributed by atoms with E-state index in [0.717, 1.165) is 6.07 Å². The number of urea groups is 1. The lowest BCUT2D eigenvalue weighted by atomic mass is 10.2. The van der Waals surface area contributed by atoms with Crippen molar-refractivity contribution in [1.29, 1.82) is 0 Å². The summed E-state index contributed by atoms with van der Waals surface area (Å²) in [7, 11) is 1.33. The van der Waals surface area contributed by atoms with Crippen molar-refractivity contribution < 1.29 is 23.5 Å². The number of hydrogen-bond acceptors (Lipinski definition) is 5. The monoisotopic (exact) mass is 283 g/mol. The fourth-order valence-electron chi connectivity index (χ4n) is 1.21. The second-order valence-electron chi connectivity index (χ2n) is 3.85. The van der Waals surface area contributed by atoms with Gasteiger partial charge in [-0.05, 0) is 25.1 Å². The lowest BCUT2D eigenvalue weighted by Gasteiger charge is -2.12. The van der Waals surface area contributed by atoms with Crippen molar-refractivity contribution in [2.24, 2.45) is 0 Å². The number of ether oxygens (including phenoxy) is 1. The highest BCUT2D eigenvalue weighted by Gasteiger charge is 2.20. The quantitative estimate of drug-likeness (QED) is 0.549. The second kappa shape index (κ2) is 6.50. The molecular weight excluding hydrogens is 269 g/mol. The van der Waals surface area contributed by atoms with E-state index in [1.165, 1.54) is 26.1 Å². The predicted octanol–water partition coefficient (Wildman–Crippen LogP) is 0.409. The van der Waals surface area contributed by atoms with Gasteiger partial charge in [0.2, 0.25) is 0 Å². The average molecular weight is 283 g/mol. The van der Waals surface area contributed by atoms with Gasteiger partial charge in [-0.25, -0.2) is 14.0 Å². The molecule has 1 aromatic rings. The van der Waals surface area contributed by atoms with Crippen molar-refractivity contribution in [1.82, 2.24) is 10.6 Å². The largest absolute Gasteiger partial charge is 0.449 e. The van der Waals surface area contributed by atoms with E-state index in [-0.39, 0.29) is 11.3 Å². The third-order valence-corrected chi connectivity index (χ3v) is 2.35. The molecule has 0 spiro atoms. The van der Waals surface area contributed by atoms with Gasteiger partial charge in [-0.1, -0.05) is 0 Å². The van der Waals surface area contributed by atoms with E-state index in [9.17, 15) is 18.8 Å². The van der Waals surface area contributed by atoms with Crippen LogP contribution in [0.2, 0.25) is 0 Å². The highest BCUT2D eigenvalue weighted by Crippen LogP contribution is 2.13. The summed E-state index contributed by atoms with van der Waals surface area (Å²) in [5.41, 5.74) is 5.08. The zero-order valence-electron chi connectivity index (χ0n) is 10.9. The van der Waals surface area contributed by atoms with Gasteiger partial charge in [0, 0.05) is 7.05 Å². The molecule has 0 aliphatic carbocycles. The maximum atomic E-state index is 13.2. The first kappa shape index (κ1) is 15.4. The van der Waals surface area contributed by atoms with Crippen LogP contribution < -0.4 is 16.4 Å². The fraction of sp³-hybridized carbons (Fsp3) is 0.250. The molecular formula is C12H14FN3O4. The number of carbonyl (C=O) groups excluding carboxylic acids is 3. The number of anilines is 1. The van der Waals surface area contributed by atoms with Gasteiger partial charge in [-0.3, -0.25) is 10.1 Å². The van der Waals surface area contributed by atoms with Gasteiger partial charge in [-0.2, -0.15) is 0 Å². The first-order valence-corrected chi connectivity index (χ1v) is 5.63. The Kier molecular flexibility index (Phi) is 5.01. The van der Waals surface area contributed by atoms with Crippen LogP contribution in [0.4, 0.5) is 14.9 Å². The van der Waals surface area contributed by atoms with E-state index in [2.05, 4.69) is 5.32 Å². The summed E-state index contributed by atoms with van der Waals surface area (Å²) in [6, 6.07) is 2.66. The van der Waals surface area contributed by atoms with Crippen molar-refractivity contribution in [3.8, 4) is 0 Å². The Bertz CT molecular complexity index is 548. The lowest BCUT2D eigenvalue weighted by molar-refractivity contribution is -0.127. The topological polar surface area (TPSA) is 111 Å². The third-order valence-electron chi connectivity index (χ3n) is 2.35. The molecule has 0 heterocycles. The Balaban J connectivity index is 2.67. The van der Waals surface area contributed by atoms with E-state index in [1.54, 1.807) is 0 Å². The van der Waals surface area contributed by atoms with Crippen LogP contribution in [0.5, 0.6) is 0 Å². The molecule has 1 unspecified atom stereocenters. The Morgan fingerprint density at radius 1 is 1.35 bits per heavy atom. The van der Waals surface area contributed by atoms with Gasteiger partial charge in [0.25, 0.3) is 5.91 Å². The minimum absolute atomic E-state index is 0.0868. The van der Waals surface area contributed by atoms with Crippen LogP contribution >= 0.6 is 0 Å². The molecule has 0 radical (unpaired) electrons. The smallest absolute Gasteiger partial charge is 0.339 e. The Morgan fingerprint density at radius 2 is 2.00 bits per heavy atom. The Morgan fingerprint density at radius 3 is 2.55 bits per heavy atom. The summed E-state index contributed by atoms with van der Waals surface area (Å²) in [5.74, 6) is -2.46. The average Bonchev–Trinajstić information content (AvgIpc) is 2.41. The fourth-order valence-corrected chi connectivity index (χ4v) is 1.21. The highest BCUT2D eigenvalue weighted by atomic mass is 19.1. The molecule has 1 atom stereocenters. The number of amides is 3. The molecule has 0 saturated heterocycles. The molecule has 0 saturated carbocycles. The van der Waals surface area contributed by atoms with Gasteiger partial charge in [0.15, 0.2) is 6.10 Å². The summed E-state index contributed by atoms with van der Waals surface area (Å²) in [5, 5.41) is 4.12. The molecule has 1 aromatic carbocycles. The van der Waals surface area contributed by atoms with Gasteiger partial charge in [-0.15, -0.1) is 0 Å². The minimum atomic E-state index is -1.21. The molecule has 0 fully saturated rings. The van der Waals surface area contributed by atoms with Crippen molar-refractivity contribution in [3.63, 3.8) is 0 Å². The van der Waals surface area contributed by atoms with Crippen molar-refractivity contribution in [2.75, 3.05) is 12.8 Å². The van der Waals surface area contributed by atoms with Gasteiger partial charge in [0.1, 0.15) is 5.82 Å². The van der Waals surface area contributed by atoms with E-state index in [0.29, 0.717) is 0 Å². The molecule has 0 aliphatic rings. The number of halogens is 1. The zero-order valence-corrected chi connectivity index (χ0v) is 10.9. The molecule has 0 bridgehead atoms. The van der Waals surface area contributed by atoms with Gasteiger partial charge >= 0.3 is 12.0 Å². The van der Waals surface area contributed by atoms with E-state index in [4.69, 9.17) is 10.5 Å². The summed E-state index contributed by atoms with van der Waals surface area (Å²) in [6.45, 7) is 1.28. The number of benzene rings is 1. The molecule has 0 aromatic heterocycles. The highest BCUT2D eigenvalue weighted by molar-refractivity contribution is 5.98. The van der Waals surface area contributed by atoms with Crippen LogP contribution in [-0.2, 0) is 9.53 Å². The third kappa shape index (κ3) is 3.94. The molecule has 4 N–H and O–H groups in total. The summed E-state index contributed by atoms with van der Waals surface area (Å²) < 4.78 is 18.0. The molecule has 7 nitrogen and oxygen atoms in total.